The molecule has 1 aliphatic rings. The zero-order valence-corrected chi connectivity index (χ0v) is 26.0. The Morgan fingerprint density at radius 3 is 2.42 bits per heavy atom. The maximum atomic E-state index is 13.7. The van der Waals surface area contributed by atoms with Crippen LogP contribution in [0.3, 0.4) is 0 Å². The van der Waals surface area contributed by atoms with E-state index in [0.29, 0.717) is 28.0 Å². The Bertz CT molecular complexity index is 1870. The molecular formula is C36H29N3O4S2. The first-order chi connectivity index (χ1) is 22.0. The Morgan fingerprint density at radius 2 is 1.67 bits per heavy atom. The average Bonchev–Trinajstić information content (AvgIpc) is 3.65. The van der Waals surface area contributed by atoms with Crippen molar-refractivity contribution in [2.45, 2.75) is 29.7 Å². The van der Waals surface area contributed by atoms with E-state index < -0.39 is 23.5 Å². The van der Waals surface area contributed by atoms with Crippen molar-refractivity contribution in [3.8, 4) is 5.75 Å². The number of carbonyl (C=O) groups excluding carboxylic acids is 2. The second kappa shape index (κ2) is 13.8. The van der Waals surface area contributed by atoms with Crippen molar-refractivity contribution in [3.63, 3.8) is 0 Å². The maximum absolute atomic E-state index is 13.7. The second-order valence-corrected chi connectivity index (χ2v) is 12.6. The quantitative estimate of drug-likeness (QED) is 0.0900. The maximum Gasteiger partial charge on any atom is 0.296 e. The molecule has 0 radical (unpaired) electrons. The monoisotopic (exact) mass is 631 g/mol. The lowest BCUT2D eigenvalue weighted by Crippen LogP contribution is -2.30. The number of aliphatic hydroxyl groups is 1. The number of hydrogen-bond donors (Lipinski definition) is 1. The minimum atomic E-state index is -0.936. The molecule has 1 unspecified atom stereocenters. The summed E-state index contributed by atoms with van der Waals surface area (Å²) in [6, 6.07) is 33.7. The molecule has 1 amide bonds. The summed E-state index contributed by atoms with van der Waals surface area (Å²) in [5.74, 6) is -0.551. The van der Waals surface area contributed by atoms with Crippen molar-refractivity contribution in [1.82, 2.24) is 10.2 Å². The van der Waals surface area contributed by atoms with Crippen molar-refractivity contribution >= 4 is 46.0 Å². The Kier molecular flexibility index (Phi) is 9.19. The number of amides is 1. The Balaban J connectivity index is 1.31. The van der Waals surface area contributed by atoms with E-state index in [1.54, 1.807) is 24.3 Å². The molecule has 4 aromatic carbocycles. The van der Waals surface area contributed by atoms with Crippen molar-refractivity contribution in [2.75, 3.05) is 4.90 Å². The summed E-state index contributed by atoms with van der Waals surface area (Å²) < 4.78 is 6.73. The number of carbonyl (C=O) groups is 2. The Hall–Kier alpha value is -4.99. The number of allylic oxidation sites excluding steroid dienone is 1. The molecule has 45 heavy (non-hydrogen) atoms. The van der Waals surface area contributed by atoms with Gasteiger partial charge in [-0.1, -0.05) is 132 Å². The van der Waals surface area contributed by atoms with Gasteiger partial charge in [-0.3, -0.25) is 14.5 Å². The standard InChI is InChI=1S/C36H29N3O4S2/c1-24-15-17-27(18-16-24)23-44-36-38-37-35(45-36)39-32(28-13-8-14-29(21-28)43-22-26-11-6-3-7-12-26)31(33(41)34(39)42)30(40)20-19-25-9-4-2-5-10-25/h2-21,32,41H,22-23H2,1H3. The number of aliphatic hydroxyl groups excluding tert-OH is 1. The molecule has 0 bridgehead atoms. The highest BCUT2D eigenvalue weighted by molar-refractivity contribution is 8.00. The van der Waals surface area contributed by atoms with Crippen LogP contribution in [0.4, 0.5) is 5.13 Å². The van der Waals surface area contributed by atoms with E-state index in [1.807, 2.05) is 73.7 Å². The largest absolute Gasteiger partial charge is 0.503 e. The first kappa shape index (κ1) is 30.1. The predicted octanol–water partition coefficient (Wildman–Crippen LogP) is 7.90. The Labute approximate surface area is 269 Å². The average molecular weight is 632 g/mol. The number of ether oxygens (including phenoxy) is 1. The van der Waals surface area contributed by atoms with E-state index >= 15 is 0 Å². The zero-order valence-electron chi connectivity index (χ0n) is 24.4. The topological polar surface area (TPSA) is 92.6 Å². The molecule has 2 heterocycles. The van der Waals surface area contributed by atoms with Gasteiger partial charge in [-0.25, -0.2) is 0 Å². The van der Waals surface area contributed by atoms with Gasteiger partial charge in [-0.15, -0.1) is 10.2 Å². The Morgan fingerprint density at radius 1 is 0.933 bits per heavy atom. The first-order valence-corrected chi connectivity index (χ1v) is 16.1. The van der Waals surface area contributed by atoms with Gasteiger partial charge in [0.25, 0.3) is 5.91 Å². The van der Waals surface area contributed by atoms with Crippen LogP contribution in [0.15, 0.2) is 131 Å². The fraction of sp³-hybridized carbons (Fsp3) is 0.111. The van der Waals surface area contributed by atoms with Crippen LogP contribution in [0.5, 0.6) is 5.75 Å². The van der Waals surface area contributed by atoms with E-state index in [-0.39, 0.29) is 10.7 Å². The molecule has 1 aromatic heterocycles. The van der Waals surface area contributed by atoms with Crippen molar-refractivity contribution in [2.24, 2.45) is 0 Å². The minimum absolute atomic E-state index is 0.0311. The van der Waals surface area contributed by atoms with Gasteiger partial charge >= 0.3 is 0 Å². The fourth-order valence-electron chi connectivity index (χ4n) is 4.90. The lowest BCUT2D eigenvalue weighted by atomic mass is 9.95. The van der Waals surface area contributed by atoms with Crippen LogP contribution in [0.25, 0.3) is 6.08 Å². The molecule has 1 N–H and O–H groups in total. The number of aromatic nitrogens is 2. The van der Waals surface area contributed by atoms with Crippen LogP contribution in [0.2, 0.25) is 0 Å². The minimum Gasteiger partial charge on any atom is -0.503 e. The van der Waals surface area contributed by atoms with Gasteiger partial charge < -0.3 is 9.84 Å². The molecule has 9 heteroatoms. The molecule has 6 rings (SSSR count). The highest BCUT2D eigenvalue weighted by atomic mass is 32.2. The van der Waals surface area contributed by atoms with E-state index in [2.05, 4.69) is 34.5 Å². The van der Waals surface area contributed by atoms with Crippen LogP contribution >= 0.6 is 23.1 Å². The fourth-order valence-corrected chi connectivity index (χ4v) is 6.72. The normalized spacial score (nSPS) is 14.8. The van der Waals surface area contributed by atoms with Gasteiger partial charge in [0.15, 0.2) is 15.9 Å². The molecule has 1 atom stereocenters. The molecular weight excluding hydrogens is 603 g/mol. The molecule has 7 nitrogen and oxygen atoms in total. The summed E-state index contributed by atoms with van der Waals surface area (Å²) in [6.07, 6.45) is 3.04. The van der Waals surface area contributed by atoms with Gasteiger partial charge in [-0.2, -0.15) is 0 Å². The molecule has 5 aromatic rings. The smallest absolute Gasteiger partial charge is 0.296 e. The molecule has 0 saturated carbocycles. The molecule has 0 spiro atoms. The van der Waals surface area contributed by atoms with Gasteiger partial charge in [0, 0.05) is 5.75 Å². The molecule has 0 aliphatic carbocycles. The summed E-state index contributed by atoms with van der Waals surface area (Å²) in [7, 11) is 0. The van der Waals surface area contributed by atoms with E-state index in [1.165, 1.54) is 39.6 Å². The van der Waals surface area contributed by atoms with Crippen molar-refractivity contribution in [3.05, 3.63) is 154 Å². The number of hydrogen-bond acceptors (Lipinski definition) is 8. The van der Waals surface area contributed by atoms with Gasteiger partial charge in [0.1, 0.15) is 12.4 Å². The van der Waals surface area contributed by atoms with Crippen molar-refractivity contribution < 1.29 is 19.4 Å². The number of aryl methyl sites for hydroxylation is 1. The van der Waals surface area contributed by atoms with E-state index in [0.717, 1.165) is 16.7 Å². The first-order valence-electron chi connectivity index (χ1n) is 14.3. The third kappa shape index (κ3) is 7.06. The van der Waals surface area contributed by atoms with Gasteiger partial charge in [-0.05, 0) is 47.4 Å². The lowest BCUT2D eigenvalue weighted by Gasteiger charge is -2.24. The number of nitrogens with zero attached hydrogens (tertiary/aromatic N) is 3. The van der Waals surface area contributed by atoms with Crippen LogP contribution in [0.1, 0.15) is 33.9 Å². The predicted molar refractivity (Wildman–Crippen MR) is 178 cm³/mol. The molecule has 224 valence electrons. The molecule has 0 saturated heterocycles. The molecule has 1 aliphatic heterocycles. The molecule has 0 fully saturated rings. The van der Waals surface area contributed by atoms with Gasteiger partial charge in [0.2, 0.25) is 5.13 Å². The van der Waals surface area contributed by atoms with E-state index in [4.69, 9.17) is 4.74 Å². The zero-order chi connectivity index (χ0) is 31.2. The summed E-state index contributed by atoms with van der Waals surface area (Å²) in [5.41, 5.74) is 4.72. The summed E-state index contributed by atoms with van der Waals surface area (Å²) in [5, 5.41) is 20.1. The third-order valence-corrected chi connectivity index (χ3v) is 9.33. The summed E-state index contributed by atoms with van der Waals surface area (Å²) >= 11 is 2.75. The third-order valence-electron chi connectivity index (χ3n) is 7.21. The van der Waals surface area contributed by atoms with Crippen LogP contribution in [-0.2, 0) is 21.9 Å². The van der Waals surface area contributed by atoms with Crippen LogP contribution in [0, 0.1) is 6.92 Å². The SMILES string of the molecule is Cc1ccc(CSc2nnc(N3C(=O)C(O)=C(C(=O)C=Cc4ccccc4)C3c3cccc(OCc4ccccc4)c3)s2)cc1. The summed E-state index contributed by atoms with van der Waals surface area (Å²) in [4.78, 5) is 28.7. The highest BCUT2D eigenvalue weighted by Crippen LogP contribution is 2.44. The van der Waals surface area contributed by atoms with Crippen LogP contribution in [-0.4, -0.2) is 27.0 Å². The second-order valence-electron chi connectivity index (χ2n) is 10.4. The number of ketones is 1. The van der Waals surface area contributed by atoms with Crippen LogP contribution < -0.4 is 9.64 Å². The van der Waals surface area contributed by atoms with Gasteiger partial charge in [0.05, 0.1) is 11.6 Å². The number of thioether (sulfide) groups is 1. The summed E-state index contributed by atoms with van der Waals surface area (Å²) in [6.45, 7) is 2.39. The number of benzene rings is 4. The highest BCUT2D eigenvalue weighted by Gasteiger charge is 2.45. The van der Waals surface area contributed by atoms with Crippen molar-refractivity contribution in [1.29, 1.82) is 0 Å². The number of rotatable bonds is 11. The lowest BCUT2D eigenvalue weighted by molar-refractivity contribution is -0.117. The number of anilines is 1. The van der Waals surface area contributed by atoms with E-state index in [9.17, 15) is 14.7 Å².